The molecule has 5 nitrogen and oxygen atoms in total. The maximum Gasteiger partial charge on any atom is 0.333 e. The molecule has 0 unspecified atom stereocenters. The Morgan fingerprint density at radius 3 is 2.45 bits per heavy atom. The van der Waals surface area contributed by atoms with E-state index in [1.165, 1.54) is 4.57 Å². The molecule has 3 aromatic rings. The molecule has 0 aliphatic heterocycles. The summed E-state index contributed by atoms with van der Waals surface area (Å²) in [5, 5.41) is 8.96. The summed E-state index contributed by atoms with van der Waals surface area (Å²) in [6.07, 6.45) is 1.67. The maximum absolute atomic E-state index is 12.4. The van der Waals surface area contributed by atoms with Crippen LogP contribution in [0.25, 0.3) is 16.7 Å². The summed E-state index contributed by atoms with van der Waals surface area (Å²) in [5.74, 6) is 0. The van der Waals surface area contributed by atoms with Crippen molar-refractivity contribution in [1.82, 2.24) is 14.1 Å². The second-order valence-corrected chi connectivity index (χ2v) is 4.65. The second kappa shape index (κ2) is 6.27. The van der Waals surface area contributed by atoms with Crippen molar-refractivity contribution in [3.63, 3.8) is 0 Å². The third kappa shape index (κ3) is 2.51. The molecule has 5 heteroatoms. The Labute approximate surface area is 129 Å². The molecular formula is C17H18N4O. The number of pyridine rings is 1. The van der Waals surface area contributed by atoms with Gasteiger partial charge in [-0.2, -0.15) is 5.26 Å². The van der Waals surface area contributed by atoms with E-state index in [2.05, 4.69) is 11.1 Å². The first-order chi connectivity index (χ1) is 10.6. The average Bonchev–Trinajstić information content (AvgIpc) is 2.81. The number of nitriles is 1. The fraction of sp³-hybridized carbons (Fsp3) is 0.235. The molecule has 0 radical (unpaired) electrons. The Bertz CT molecular complexity index is 895. The van der Waals surface area contributed by atoms with E-state index in [9.17, 15) is 4.79 Å². The van der Waals surface area contributed by atoms with Crippen LogP contribution in [0.1, 0.15) is 25.1 Å². The van der Waals surface area contributed by atoms with Crippen LogP contribution < -0.4 is 5.69 Å². The number of benzene rings is 1. The van der Waals surface area contributed by atoms with Crippen LogP contribution in [0.2, 0.25) is 0 Å². The Morgan fingerprint density at radius 2 is 1.86 bits per heavy atom. The highest BCUT2D eigenvalue weighted by molar-refractivity contribution is 5.79. The number of nitrogens with zero attached hydrogens (tertiary/aromatic N) is 4. The molecule has 0 atom stereocenters. The van der Waals surface area contributed by atoms with Gasteiger partial charge in [-0.1, -0.05) is 13.8 Å². The first-order valence-electron chi connectivity index (χ1n) is 7.16. The molecule has 2 aromatic heterocycles. The fourth-order valence-corrected chi connectivity index (χ4v) is 2.25. The Morgan fingerprint density at radius 1 is 1.14 bits per heavy atom. The number of fused-ring (bicyclic) bond motifs is 1. The van der Waals surface area contributed by atoms with E-state index < -0.39 is 0 Å². The van der Waals surface area contributed by atoms with Crippen molar-refractivity contribution in [1.29, 1.82) is 5.26 Å². The highest BCUT2D eigenvalue weighted by Crippen LogP contribution is 2.18. The molecule has 0 amide bonds. The molecule has 0 aliphatic carbocycles. The van der Waals surface area contributed by atoms with Crippen molar-refractivity contribution >= 4 is 11.0 Å². The topological polar surface area (TPSA) is 63.6 Å². The number of aryl methyl sites for hydroxylation is 2. The van der Waals surface area contributed by atoms with Crippen LogP contribution in [0, 0.1) is 18.3 Å². The van der Waals surface area contributed by atoms with Crippen molar-refractivity contribution in [3.8, 4) is 11.8 Å². The van der Waals surface area contributed by atoms with Gasteiger partial charge in [0, 0.05) is 12.7 Å². The first-order valence-corrected chi connectivity index (χ1v) is 7.16. The SMILES string of the molecule is CC.Cc1ccc(-n2c(=O)n(C)c3cc(C#N)ccc32)cn1. The number of rotatable bonds is 1. The fourth-order valence-electron chi connectivity index (χ4n) is 2.25. The molecule has 2 heterocycles. The lowest BCUT2D eigenvalue weighted by molar-refractivity contribution is 0.843. The van der Waals surface area contributed by atoms with E-state index in [0.29, 0.717) is 5.56 Å². The molecule has 22 heavy (non-hydrogen) atoms. The van der Waals surface area contributed by atoms with Crippen molar-refractivity contribution in [2.75, 3.05) is 0 Å². The van der Waals surface area contributed by atoms with Gasteiger partial charge in [-0.3, -0.25) is 14.1 Å². The third-order valence-electron chi connectivity index (χ3n) is 3.34. The molecule has 0 aliphatic rings. The second-order valence-electron chi connectivity index (χ2n) is 4.65. The summed E-state index contributed by atoms with van der Waals surface area (Å²) in [6, 6.07) is 11.0. The monoisotopic (exact) mass is 294 g/mol. The molecule has 1 aromatic carbocycles. The van der Waals surface area contributed by atoms with E-state index in [4.69, 9.17) is 5.26 Å². The van der Waals surface area contributed by atoms with Crippen molar-refractivity contribution < 1.29 is 0 Å². The van der Waals surface area contributed by atoms with E-state index in [-0.39, 0.29) is 5.69 Å². The molecule has 0 spiro atoms. The quantitative estimate of drug-likeness (QED) is 0.693. The summed E-state index contributed by atoms with van der Waals surface area (Å²) < 4.78 is 3.14. The maximum atomic E-state index is 12.4. The lowest BCUT2D eigenvalue weighted by atomic mass is 10.2. The van der Waals surface area contributed by atoms with E-state index in [0.717, 1.165) is 22.4 Å². The van der Waals surface area contributed by atoms with Gasteiger partial charge < -0.3 is 0 Å². The molecule has 0 bridgehead atoms. The zero-order valence-electron chi connectivity index (χ0n) is 13.2. The minimum atomic E-state index is -0.152. The largest absolute Gasteiger partial charge is 0.333 e. The van der Waals surface area contributed by atoms with Gasteiger partial charge in [-0.25, -0.2) is 4.79 Å². The Hall–Kier alpha value is -2.87. The van der Waals surface area contributed by atoms with E-state index in [1.54, 1.807) is 36.0 Å². The van der Waals surface area contributed by atoms with Crippen molar-refractivity contribution in [2.24, 2.45) is 7.05 Å². The Balaban J connectivity index is 0.000000847. The van der Waals surface area contributed by atoms with Gasteiger partial charge in [0.1, 0.15) is 0 Å². The van der Waals surface area contributed by atoms with Gasteiger partial charge in [0.25, 0.3) is 0 Å². The molecule has 0 saturated heterocycles. The highest BCUT2D eigenvalue weighted by Gasteiger charge is 2.12. The van der Waals surface area contributed by atoms with Crippen LogP contribution >= 0.6 is 0 Å². The van der Waals surface area contributed by atoms with Crippen LogP contribution in [-0.4, -0.2) is 14.1 Å². The highest BCUT2D eigenvalue weighted by atomic mass is 16.1. The predicted molar refractivity (Wildman–Crippen MR) is 87.1 cm³/mol. The molecule has 3 rings (SSSR count). The Kier molecular flexibility index (Phi) is 4.42. The van der Waals surface area contributed by atoms with Crippen molar-refractivity contribution in [3.05, 3.63) is 58.3 Å². The van der Waals surface area contributed by atoms with Crippen molar-refractivity contribution in [2.45, 2.75) is 20.8 Å². The summed E-state index contributed by atoms with van der Waals surface area (Å²) in [4.78, 5) is 16.6. The van der Waals surface area contributed by atoms with Gasteiger partial charge in [-0.05, 0) is 37.3 Å². The smallest absolute Gasteiger partial charge is 0.295 e. The first kappa shape index (κ1) is 15.5. The van der Waals surface area contributed by atoms with Gasteiger partial charge in [0.2, 0.25) is 0 Å². The van der Waals surface area contributed by atoms with Gasteiger partial charge >= 0.3 is 5.69 Å². The number of aromatic nitrogens is 3. The van der Waals surface area contributed by atoms with Gasteiger partial charge in [-0.15, -0.1) is 0 Å². The van der Waals surface area contributed by atoms with Crippen LogP contribution in [0.15, 0.2) is 41.3 Å². The minimum Gasteiger partial charge on any atom is -0.295 e. The number of hydrogen-bond donors (Lipinski definition) is 0. The van der Waals surface area contributed by atoms with Crippen LogP contribution in [0.5, 0.6) is 0 Å². The number of hydrogen-bond acceptors (Lipinski definition) is 3. The molecule has 0 N–H and O–H groups in total. The lowest BCUT2D eigenvalue weighted by Gasteiger charge is -2.03. The standard InChI is InChI=1S/C15H12N4O.C2H6/c1-10-3-5-12(9-17-10)19-13-6-4-11(8-16)7-14(13)18(2)15(19)20;1-2/h3-7,9H,1-2H3;1-2H3. The lowest BCUT2D eigenvalue weighted by Crippen LogP contribution is -2.20. The van der Waals surface area contributed by atoms with Crippen LogP contribution in [0.3, 0.4) is 0 Å². The third-order valence-corrected chi connectivity index (χ3v) is 3.34. The van der Waals surface area contributed by atoms with Crippen LogP contribution in [-0.2, 0) is 7.05 Å². The van der Waals surface area contributed by atoms with Crippen LogP contribution in [0.4, 0.5) is 0 Å². The zero-order valence-corrected chi connectivity index (χ0v) is 13.2. The summed E-state index contributed by atoms with van der Waals surface area (Å²) in [5.41, 5.74) is 3.49. The molecule has 112 valence electrons. The number of imidazole rings is 1. The summed E-state index contributed by atoms with van der Waals surface area (Å²) in [6.45, 7) is 5.90. The normalized spacial score (nSPS) is 9.95. The molecule has 0 saturated carbocycles. The predicted octanol–water partition coefficient (Wildman–Crippen LogP) is 2.93. The summed E-state index contributed by atoms with van der Waals surface area (Å²) >= 11 is 0. The van der Waals surface area contributed by atoms with E-state index >= 15 is 0 Å². The zero-order chi connectivity index (χ0) is 16.3. The summed E-state index contributed by atoms with van der Waals surface area (Å²) in [7, 11) is 1.70. The minimum absolute atomic E-state index is 0.152. The van der Waals surface area contributed by atoms with Gasteiger partial charge in [0.05, 0.1) is 34.6 Å². The van der Waals surface area contributed by atoms with E-state index in [1.807, 2.05) is 32.9 Å². The van der Waals surface area contributed by atoms with Gasteiger partial charge in [0.15, 0.2) is 0 Å². The molecule has 0 fully saturated rings. The average molecular weight is 294 g/mol. The molecular weight excluding hydrogens is 276 g/mol.